The van der Waals surface area contributed by atoms with Gasteiger partial charge < -0.3 is 0 Å². The van der Waals surface area contributed by atoms with Crippen LogP contribution < -0.4 is 0 Å². The fourth-order valence-electron chi connectivity index (χ4n) is 0. The fraction of sp³-hybridized carbons (Fsp3) is 1.00. The van der Waals surface area contributed by atoms with E-state index >= 15 is 0 Å². The number of halogens is 2. The van der Waals surface area contributed by atoms with Gasteiger partial charge in [0.25, 0.3) is 0 Å². The summed E-state index contributed by atoms with van der Waals surface area (Å²) < 4.78 is 0. The Morgan fingerprint density at radius 1 is 1.25 bits per heavy atom. The molecule has 0 atom stereocenters. The van der Waals surface area contributed by atoms with Crippen LogP contribution in [0.4, 0.5) is 0 Å². The first-order valence-corrected chi connectivity index (χ1v) is 1.60. The van der Waals surface area contributed by atoms with Crippen molar-refractivity contribution >= 4 is 34.2 Å². The summed E-state index contributed by atoms with van der Waals surface area (Å²) in [5, 5.41) is 0.194. The molecule has 0 aliphatic rings. The van der Waals surface area contributed by atoms with Crippen LogP contribution >= 0.6 is 23.2 Å². The van der Waals surface area contributed by atoms with Crippen LogP contribution in [-0.4, -0.2) is 16.3 Å². The van der Waals surface area contributed by atoms with E-state index in [-0.39, 0.29) is 16.3 Å². The average molecular weight is 117 g/mol. The molecule has 0 nitrogen and oxygen atoms in total. The highest BCUT2D eigenvalue weighted by Crippen LogP contribution is 1.73. The third-order valence-electron chi connectivity index (χ3n) is 0. The third-order valence-corrected chi connectivity index (χ3v) is 0. The van der Waals surface area contributed by atoms with Gasteiger partial charge in [-0.1, -0.05) is 0 Å². The SMILES string of the molecule is ClCCl.[SiH4]. The Labute approximate surface area is 40.1 Å². The molecule has 0 bridgehead atoms. The summed E-state index contributed by atoms with van der Waals surface area (Å²) in [4.78, 5) is 0. The van der Waals surface area contributed by atoms with E-state index in [9.17, 15) is 0 Å². The van der Waals surface area contributed by atoms with Gasteiger partial charge in [-0.3, -0.25) is 0 Å². The van der Waals surface area contributed by atoms with E-state index in [2.05, 4.69) is 0 Å². The van der Waals surface area contributed by atoms with Gasteiger partial charge in [0.1, 0.15) is 0 Å². The lowest BCUT2D eigenvalue weighted by Crippen LogP contribution is -1.24. The second-order valence-electron chi connectivity index (χ2n) is 0.101. The Hall–Kier alpha value is 0.797. The Balaban J connectivity index is 0. The summed E-state index contributed by atoms with van der Waals surface area (Å²) in [5.74, 6) is 0. The fourth-order valence-corrected chi connectivity index (χ4v) is 0. The van der Waals surface area contributed by atoms with Crippen molar-refractivity contribution in [2.24, 2.45) is 0 Å². The summed E-state index contributed by atoms with van der Waals surface area (Å²) in [7, 11) is 0. The van der Waals surface area contributed by atoms with Crippen LogP contribution in [0.3, 0.4) is 0 Å². The normalized spacial score (nSPS) is 4.50. The second kappa shape index (κ2) is 9.20. The number of alkyl halides is 2. The largest absolute Gasteiger partial charge is 0.109 e. The van der Waals surface area contributed by atoms with E-state index in [0.717, 1.165) is 0 Å². The van der Waals surface area contributed by atoms with Crippen molar-refractivity contribution in [1.29, 1.82) is 0 Å². The number of rotatable bonds is 0. The van der Waals surface area contributed by atoms with Crippen molar-refractivity contribution < 1.29 is 0 Å². The molecule has 0 N–H and O–H groups in total. The summed E-state index contributed by atoms with van der Waals surface area (Å²) in [5.41, 5.74) is 0. The average Bonchev–Trinajstić information content (AvgIpc) is 0.918. The van der Waals surface area contributed by atoms with Gasteiger partial charge in [-0.15, -0.1) is 23.2 Å². The van der Waals surface area contributed by atoms with Gasteiger partial charge >= 0.3 is 0 Å². The predicted octanol–water partition coefficient (Wildman–Crippen LogP) is -0.0301. The first-order chi connectivity index (χ1) is 1.41. The molecule has 0 aromatic carbocycles. The molecule has 0 rings (SSSR count). The minimum atomic E-state index is 0. The van der Waals surface area contributed by atoms with Crippen LogP contribution in [0.15, 0.2) is 0 Å². The molecule has 0 spiro atoms. The molecule has 0 saturated carbocycles. The molecule has 0 radical (unpaired) electrons. The van der Waals surface area contributed by atoms with Crippen molar-refractivity contribution in [2.45, 2.75) is 0 Å². The molecular formula is CH6Cl2Si. The van der Waals surface area contributed by atoms with Gasteiger partial charge in [-0.25, -0.2) is 0 Å². The van der Waals surface area contributed by atoms with Gasteiger partial charge in [-0.05, 0) is 11.0 Å². The van der Waals surface area contributed by atoms with E-state index in [1.807, 2.05) is 0 Å². The third kappa shape index (κ3) is 14.2. The Bertz CT molecular complexity index is 6.00. The van der Waals surface area contributed by atoms with Gasteiger partial charge in [0, 0.05) is 0 Å². The van der Waals surface area contributed by atoms with Crippen LogP contribution in [-0.2, 0) is 0 Å². The molecule has 4 heavy (non-hydrogen) atoms. The maximum absolute atomic E-state index is 4.76. The highest BCUT2D eigenvalue weighted by atomic mass is 35.5. The molecule has 0 aromatic rings. The molecule has 0 aromatic heterocycles. The van der Waals surface area contributed by atoms with Crippen molar-refractivity contribution in [3.63, 3.8) is 0 Å². The Morgan fingerprint density at radius 3 is 1.25 bits per heavy atom. The molecule has 0 aliphatic carbocycles. The van der Waals surface area contributed by atoms with E-state index in [1.165, 1.54) is 0 Å². The summed E-state index contributed by atoms with van der Waals surface area (Å²) in [6.45, 7) is 0. The first kappa shape index (κ1) is 8.84. The second-order valence-corrected chi connectivity index (χ2v) is 0.909. The molecule has 0 fully saturated rings. The smallest absolute Gasteiger partial charge is 0.0967 e. The van der Waals surface area contributed by atoms with E-state index in [1.54, 1.807) is 0 Å². The molecule has 0 aliphatic heterocycles. The zero-order chi connectivity index (χ0) is 2.71. The van der Waals surface area contributed by atoms with E-state index in [0.29, 0.717) is 0 Å². The number of hydrogen-bond donors (Lipinski definition) is 0. The maximum Gasteiger partial charge on any atom is 0.0967 e. The standard InChI is InChI=1S/CH2Cl2.H4Si/c2-1-3;/h1H2;1H4. The first-order valence-electron chi connectivity index (χ1n) is 0.535. The van der Waals surface area contributed by atoms with Crippen molar-refractivity contribution in [3.05, 3.63) is 0 Å². The van der Waals surface area contributed by atoms with Gasteiger partial charge in [0.15, 0.2) is 0 Å². The van der Waals surface area contributed by atoms with Crippen molar-refractivity contribution in [2.75, 3.05) is 5.34 Å². The molecular weight excluding hydrogens is 111 g/mol. The topological polar surface area (TPSA) is 0 Å². The van der Waals surface area contributed by atoms with Crippen molar-refractivity contribution in [1.82, 2.24) is 0 Å². The highest BCUT2D eigenvalue weighted by molar-refractivity contribution is 6.40. The highest BCUT2D eigenvalue weighted by Gasteiger charge is 1.41. The van der Waals surface area contributed by atoms with Crippen LogP contribution in [0, 0.1) is 0 Å². The lowest BCUT2D eigenvalue weighted by atomic mass is 11.9. The molecule has 0 heterocycles. The van der Waals surface area contributed by atoms with Gasteiger partial charge in [-0.2, -0.15) is 0 Å². The van der Waals surface area contributed by atoms with E-state index in [4.69, 9.17) is 23.2 Å². The Morgan fingerprint density at radius 2 is 1.25 bits per heavy atom. The van der Waals surface area contributed by atoms with Crippen LogP contribution in [0.25, 0.3) is 0 Å². The molecule has 28 valence electrons. The van der Waals surface area contributed by atoms with Crippen LogP contribution in [0.2, 0.25) is 0 Å². The minimum absolute atomic E-state index is 0. The summed E-state index contributed by atoms with van der Waals surface area (Å²) in [6.07, 6.45) is 0. The van der Waals surface area contributed by atoms with Crippen molar-refractivity contribution in [3.8, 4) is 0 Å². The van der Waals surface area contributed by atoms with Crippen LogP contribution in [0.1, 0.15) is 0 Å². The maximum atomic E-state index is 4.76. The predicted molar refractivity (Wildman–Crippen MR) is 27.9 cm³/mol. The Kier molecular flexibility index (Phi) is 20.3. The van der Waals surface area contributed by atoms with Gasteiger partial charge in [0.05, 0.1) is 5.34 Å². The molecule has 0 amide bonds. The quantitative estimate of drug-likeness (QED) is 0.308. The van der Waals surface area contributed by atoms with E-state index < -0.39 is 0 Å². The molecule has 0 unspecified atom stereocenters. The lowest BCUT2D eigenvalue weighted by molar-refractivity contribution is 2.20. The molecule has 3 heteroatoms. The summed E-state index contributed by atoms with van der Waals surface area (Å²) >= 11 is 9.53. The number of hydrogen-bond acceptors (Lipinski definition) is 0. The lowest BCUT2D eigenvalue weighted by Gasteiger charge is -1.42. The van der Waals surface area contributed by atoms with Crippen LogP contribution in [0.5, 0.6) is 0 Å². The summed E-state index contributed by atoms with van der Waals surface area (Å²) in [6, 6.07) is 0. The monoisotopic (exact) mass is 116 g/mol. The molecule has 0 saturated heterocycles. The minimum Gasteiger partial charge on any atom is -0.109 e. The zero-order valence-corrected chi connectivity index (χ0v) is 2.97. The zero-order valence-electron chi connectivity index (χ0n) is 1.46. The van der Waals surface area contributed by atoms with Gasteiger partial charge in [0.2, 0.25) is 0 Å².